The molecule has 19 heavy (non-hydrogen) atoms. The molecule has 0 spiro atoms. The lowest BCUT2D eigenvalue weighted by Crippen LogP contribution is -2.02. The second kappa shape index (κ2) is 5.85. The molecule has 100 valence electrons. The van der Waals surface area contributed by atoms with E-state index in [1.807, 2.05) is 57.2 Å². The molecule has 0 radical (unpaired) electrons. The fourth-order valence-electron chi connectivity index (χ4n) is 2.16. The first-order chi connectivity index (χ1) is 9.10. The molecular formula is C16H19NO2. The third kappa shape index (κ3) is 3.32. The molecule has 1 N–H and O–H groups in total. The molecular weight excluding hydrogens is 238 g/mol. The number of nitrogens with zero attached hydrogens (tertiary/aromatic N) is 1. The number of benzene rings is 1. The van der Waals surface area contributed by atoms with E-state index in [-0.39, 0.29) is 0 Å². The summed E-state index contributed by atoms with van der Waals surface area (Å²) in [5, 5.41) is 10.5. The summed E-state index contributed by atoms with van der Waals surface area (Å²) in [5.74, 6) is 0.779. The molecule has 0 aliphatic rings. The number of aryl methyl sites for hydroxylation is 2. The summed E-state index contributed by atoms with van der Waals surface area (Å²) in [6, 6.07) is 11.4. The number of aliphatic hydroxyl groups is 1. The molecule has 1 aromatic heterocycles. The standard InChI is InChI=1S/C16H19NO2/c1-4-19-15-7-5-6-13(10-15)16(18)14-8-11(2)17-12(3)9-14/h5-10,16,18H,4H2,1-3H3. The minimum atomic E-state index is -0.652. The van der Waals surface area contributed by atoms with Crippen LogP contribution in [0.2, 0.25) is 0 Å². The summed E-state index contributed by atoms with van der Waals surface area (Å²) in [7, 11) is 0. The molecule has 0 aliphatic heterocycles. The lowest BCUT2D eigenvalue weighted by atomic mass is 10.0. The number of pyridine rings is 1. The Balaban J connectivity index is 2.32. The van der Waals surface area contributed by atoms with Gasteiger partial charge in [0.05, 0.1) is 6.61 Å². The van der Waals surface area contributed by atoms with Crippen LogP contribution >= 0.6 is 0 Å². The van der Waals surface area contributed by atoms with Gasteiger partial charge in [0.15, 0.2) is 0 Å². The smallest absolute Gasteiger partial charge is 0.119 e. The van der Waals surface area contributed by atoms with Crippen LogP contribution in [0.5, 0.6) is 5.75 Å². The van der Waals surface area contributed by atoms with Gasteiger partial charge in [-0.25, -0.2) is 0 Å². The zero-order valence-electron chi connectivity index (χ0n) is 11.6. The maximum absolute atomic E-state index is 10.5. The van der Waals surface area contributed by atoms with Crippen LogP contribution in [0, 0.1) is 13.8 Å². The zero-order chi connectivity index (χ0) is 13.8. The second-order valence-corrected chi connectivity index (χ2v) is 4.59. The Morgan fingerprint density at radius 1 is 1.11 bits per heavy atom. The fourth-order valence-corrected chi connectivity index (χ4v) is 2.16. The van der Waals surface area contributed by atoms with Crippen LogP contribution in [0.25, 0.3) is 0 Å². The van der Waals surface area contributed by atoms with E-state index in [9.17, 15) is 5.11 Å². The molecule has 0 saturated carbocycles. The third-order valence-corrected chi connectivity index (χ3v) is 2.90. The highest BCUT2D eigenvalue weighted by Gasteiger charge is 2.12. The molecule has 1 heterocycles. The summed E-state index contributed by atoms with van der Waals surface area (Å²) in [6.45, 7) is 6.42. The highest BCUT2D eigenvalue weighted by Crippen LogP contribution is 2.25. The van der Waals surface area contributed by atoms with Crippen molar-refractivity contribution in [2.75, 3.05) is 6.61 Å². The Morgan fingerprint density at radius 3 is 2.42 bits per heavy atom. The maximum atomic E-state index is 10.5. The van der Waals surface area contributed by atoms with Crippen molar-refractivity contribution in [3.8, 4) is 5.75 Å². The van der Waals surface area contributed by atoms with Gasteiger partial charge in [0.25, 0.3) is 0 Å². The van der Waals surface area contributed by atoms with Crippen LogP contribution in [0.1, 0.15) is 35.5 Å². The summed E-state index contributed by atoms with van der Waals surface area (Å²) in [4.78, 5) is 4.32. The van der Waals surface area contributed by atoms with Crippen LogP contribution in [-0.2, 0) is 0 Å². The van der Waals surface area contributed by atoms with Gasteiger partial charge in [-0.1, -0.05) is 12.1 Å². The van der Waals surface area contributed by atoms with E-state index in [1.165, 1.54) is 0 Å². The maximum Gasteiger partial charge on any atom is 0.119 e. The monoisotopic (exact) mass is 257 g/mol. The first-order valence-corrected chi connectivity index (χ1v) is 6.46. The Bertz CT molecular complexity index is 546. The van der Waals surface area contributed by atoms with E-state index in [0.717, 1.165) is 28.3 Å². The zero-order valence-corrected chi connectivity index (χ0v) is 11.6. The largest absolute Gasteiger partial charge is 0.494 e. The molecule has 2 rings (SSSR count). The number of aliphatic hydroxyl groups excluding tert-OH is 1. The second-order valence-electron chi connectivity index (χ2n) is 4.59. The normalized spacial score (nSPS) is 12.2. The average molecular weight is 257 g/mol. The first-order valence-electron chi connectivity index (χ1n) is 6.46. The number of rotatable bonds is 4. The molecule has 2 aromatic rings. The molecule has 0 aliphatic carbocycles. The molecule has 1 aromatic carbocycles. The van der Waals surface area contributed by atoms with Gasteiger partial charge in [-0.3, -0.25) is 4.98 Å². The van der Waals surface area contributed by atoms with Crippen molar-refractivity contribution in [2.24, 2.45) is 0 Å². The summed E-state index contributed by atoms with van der Waals surface area (Å²) >= 11 is 0. The quantitative estimate of drug-likeness (QED) is 0.914. The van der Waals surface area contributed by atoms with Crippen LogP contribution in [-0.4, -0.2) is 16.7 Å². The van der Waals surface area contributed by atoms with Crippen molar-refractivity contribution in [1.29, 1.82) is 0 Å². The van der Waals surface area contributed by atoms with E-state index < -0.39 is 6.10 Å². The molecule has 0 saturated heterocycles. The Labute approximate surface area is 113 Å². The van der Waals surface area contributed by atoms with Crippen molar-refractivity contribution < 1.29 is 9.84 Å². The Kier molecular flexibility index (Phi) is 4.17. The predicted molar refractivity (Wildman–Crippen MR) is 75.4 cm³/mol. The molecule has 0 amide bonds. The molecule has 1 unspecified atom stereocenters. The van der Waals surface area contributed by atoms with Crippen molar-refractivity contribution in [3.05, 3.63) is 58.9 Å². The van der Waals surface area contributed by atoms with Crippen LogP contribution in [0.15, 0.2) is 36.4 Å². The molecule has 3 nitrogen and oxygen atoms in total. The van der Waals surface area contributed by atoms with Gasteiger partial charge in [0, 0.05) is 11.4 Å². The van der Waals surface area contributed by atoms with Crippen molar-refractivity contribution >= 4 is 0 Å². The van der Waals surface area contributed by atoms with Crippen molar-refractivity contribution in [1.82, 2.24) is 4.98 Å². The summed E-state index contributed by atoms with van der Waals surface area (Å²) < 4.78 is 5.46. The third-order valence-electron chi connectivity index (χ3n) is 2.90. The summed E-state index contributed by atoms with van der Waals surface area (Å²) in [5.41, 5.74) is 3.51. The minimum absolute atomic E-state index is 0.618. The van der Waals surface area contributed by atoms with Gasteiger partial charge < -0.3 is 9.84 Å². The van der Waals surface area contributed by atoms with E-state index in [4.69, 9.17) is 4.74 Å². The number of hydrogen-bond donors (Lipinski definition) is 1. The molecule has 3 heteroatoms. The SMILES string of the molecule is CCOc1cccc(C(O)c2cc(C)nc(C)c2)c1. The van der Waals surface area contributed by atoms with Gasteiger partial charge in [-0.2, -0.15) is 0 Å². The molecule has 1 atom stereocenters. The van der Waals surface area contributed by atoms with Gasteiger partial charge in [0.2, 0.25) is 0 Å². The van der Waals surface area contributed by atoms with Gasteiger partial charge in [-0.15, -0.1) is 0 Å². The number of hydrogen-bond acceptors (Lipinski definition) is 3. The van der Waals surface area contributed by atoms with Crippen LogP contribution in [0.4, 0.5) is 0 Å². The topological polar surface area (TPSA) is 42.4 Å². The van der Waals surface area contributed by atoms with Gasteiger partial charge >= 0.3 is 0 Å². The predicted octanol–water partition coefficient (Wildman–Crippen LogP) is 3.18. The van der Waals surface area contributed by atoms with Gasteiger partial charge in [-0.05, 0) is 56.2 Å². The van der Waals surface area contributed by atoms with E-state index in [1.54, 1.807) is 0 Å². The highest BCUT2D eigenvalue weighted by atomic mass is 16.5. The van der Waals surface area contributed by atoms with E-state index in [0.29, 0.717) is 6.61 Å². The lowest BCUT2D eigenvalue weighted by molar-refractivity contribution is 0.219. The van der Waals surface area contributed by atoms with E-state index in [2.05, 4.69) is 4.98 Å². The Morgan fingerprint density at radius 2 is 1.79 bits per heavy atom. The lowest BCUT2D eigenvalue weighted by Gasteiger charge is -2.14. The molecule has 0 bridgehead atoms. The fraction of sp³-hybridized carbons (Fsp3) is 0.312. The van der Waals surface area contributed by atoms with E-state index >= 15 is 0 Å². The van der Waals surface area contributed by atoms with Crippen LogP contribution in [0.3, 0.4) is 0 Å². The highest BCUT2D eigenvalue weighted by molar-refractivity contribution is 5.36. The van der Waals surface area contributed by atoms with Crippen molar-refractivity contribution in [2.45, 2.75) is 26.9 Å². The minimum Gasteiger partial charge on any atom is -0.494 e. The number of aromatic nitrogens is 1. The van der Waals surface area contributed by atoms with Gasteiger partial charge in [0.1, 0.15) is 11.9 Å². The number of ether oxygens (including phenoxy) is 1. The Hall–Kier alpha value is -1.87. The summed E-state index contributed by atoms with van der Waals surface area (Å²) in [6.07, 6.45) is -0.652. The average Bonchev–Trinajstić information content (AvgIpc) is 2.37. The van der Waals surface area contributed by atoms with Crippen molar-refractivity contribution in [3.63, 3.8) is 0 Å². The first kappa shape index (κ1) is 13.6. The van der Waals surface area contributed by atoms with Crippen LogP contribution < -0.4 is 4.74 Å². The molecule has 0 fully saturated rings.